The Labute approximate surface area is 185 Å². The van der Waals surface area contributed by atoms with E-state index in [4.69, 9.17) is 4.74 Å². The van der Waals surface area contributed by atoms with Crippen molar-refractivity contribution < 1.29 is 18.7 Å². The van der Waals surface area contributed by atoms with Gasteiger partial charge in [-0.25, -0.2) is 9.37 Å². The standard InChI is InChI=1S/C24H23FN4O3/c1-32-21-8-5-17(6-9-21)23(30)27-20-7-10-22(26-16-20)28-11-13-29(14-12-28)24(31)18-3-2-4-19(25)15-18/h2-10,15-16H,11-14H2,1H3,(H,27,30). The quantitative estimate of drug-likeness (QED) is 0.666. The fourth-order valence-electron chi connectivity index (χ4n) is 3.54. The molecular weight excluding hydrogens is 411 g/mol. The number of hydrogen-bond acceptors (Lipinski definition) is 5. The Balaban J connectivity index is 1.32. The molecule has 1 aliphatic heterocycles. The molecule has 0 aliphatic carbocycles. The van der Waals surface area contributed by atoms with Gasteiger partial charge in [0.25, 0.3) is 11.8 Å². The monoisotopic (exact) mass is 434 g/mol. The van der Waals surface area contributed by atoms with Crippen molar-refractivity contribution in [2.24, 2.45) is 0 Å². The summed E-state index contributed by atoms with van der Waals surface area (Å²) in [4.78, 5) is 33.2. The zero-order valence-electron chi connectivity index (χ0n) is 17.6. The van der Waals surface area contributed by atoms with Crippen LogP contribution in [0.2, 0.25) is 0 Å². The maximum Gasteiger partial charge on any atom is 0.255 e. The molecule has 0 bridgehead atoms. The number of halogens is 1. The maximum atomic E-state index is 13.4. The third kappa shape index (κ3) is 4.85. The van der Waals surface area contributed by atoms with Crippen LogP contribution in [0.3, 0.4) is 0 Å². The second-order valence-corrected chi connectivity index (χ2v) is 7.38. The molecule has 32 heavy (non-hydrogen) atoms. The lowest BCUT2D eigenvalue weighted by molar-refractivity contribution is 0.0746. The van der Waals surface area contributed by atoms with Crippen LogP contribution in [0.1, 0.15) is 20.7 Å². The van der Waals surface area contributed by atoms with Crippen LogP contribution in [0.15, 0.2) is 66.9 Å². The van der Waals surface area contributed by atoms with Gasteiger partial charge in [-0.1, -0.05) is 6.07 Å². The largest absolute Gasteiger partial charge is 0.497 e. The molecule has 0 spiro atoms. The van der Waals surface area contributed by atoms with E-state index in [1.165, 1.54) is 18.2 Å². The van der Waals surface area contributed by atoms with E-state index in [1.807, 2.05) is 6.07 Å². The summed E-state index contributed by atoms with van der Waals surface area (Å²) in [5.74, 6) is 0.633. The highest BCUT2D eigenvalue weighted by atomic mass is 19.1. The summed E-state index contributed by atoms with van der Waals surface area (Å²) in [6.07, 6.45) is 1.61. The molecule has 0 radical (unpaired) electrons. The van der Waals surface area contributed by atoms with Gasteiger partial charge in [0.1, 0.15) is 17.4 Å². The summed E-state index contributed by atoms with van der Waals surface area (Å²) in [7, 11) is 1.57. The highest BCUT2D eigenvalue weighted by molar-refractivity contribution is 6.04. The van der Waals surface area contributed by atoms with E-state index in [9.17, 15) is 14.0 Å². The summed E-state index contributed by atoms with van der Waals surface area (Å²) in [5, 5.41) is 2.83. The van der Waals surface area contributed by atoms with Crippen LogP contribution in [-0.2, 0) is 0 Å². The van der Waals surface area contributed by atoms with Gasteiger partial charge in [-0.2, -0.15) is 0 Å². The Bertz CT molecular complexity index is 1090. The summed E-state index contributed by atoms with van der Waals surface area (Å²) in [5.41, 5.74) is 1.47. The number of methoxy groups -OCH3 is 1. The fraction of sp³-hybridized carbons (Fsp3) is 0.208. The highest BCUT2D eigenvalue weighted by Crippen LogP contribution is 2.19. The van der Waals surface area contributed by atoms with Gasteiger partial charge in [0, 0.05) is 37.3 Å². The first-order valence-electron chi connectivity index (χ1n) is 10.2. The zero-order valence-corrected chi connectivity index (χ0v) is 17.6. The summed E-state index contributed by atoms with van der Waals surface area (Å²) in [6.45, 7) is 2.27. The van der Waals surface area contributed by atoms with Gasteiger partial charge in [-0.3, -0.25) is 9.59 Å². The number of ether oxygens (including phenoxy) is 1. The third-order valence-corrected chi connectivity index (χ3v) is 5.32. The van der Waals surface area contributed by atoms with Crippen LogP contribution in [0.4, 0.5) is 15.9 Å². The Kier molecular flexibility index (Phi) is 6.30. The number of hydrogen-bond donors (Lipinski definition) is 1. The Morgan fingerprint density at radius 3 is 2.34 bits per heavy atom. The molecule has 1 aromatic heterocycles. The van der Waals surface area contributed by atoms with Crippen molar-refractivity contribution in [3.63, 3.8) is 0 Å². The topological polar surface area (TPSA) is 74.8 Å². The summed E-state index contributed by atoms with van der Waals surface area (Å²) in [6, 6.07) is 16.2. The van der Waals surface area contributed by atoms with Gasteiger partial charge in [0.2, 0.25) is 0 Å². The van der Waals surface area contributed by atoms with Gasteiger partial charge in [0.15, 0.2) is 0 Å². The molecule has 2 heterocycles. The van der Waals surface area contributed by atoms with Gasteiger partial charge in [-0.15, -0.1) is 0 Å². The molecular formula is C24H23FN4O3. The Hall–Kier alpha value is -3.94. The molecule has 7 nitrogen and oxygen atoms in total. The minimum Gasteiger partial charge on any atom is -0.497 e. The third-order valence-electron chi connectivity index (χ3n) is 5.32. The molecule has 164 valence electrons. The minimum absolute atomic E-state index is 0.172. The summed E-state index contributed by atoms with van der Waals surface area (Å²) < 4.78 is 18.5. The van der Waals surface area contributed by atoms with Crippen molar-refractivity contribution in [2.45, 2.75) is 0 Å². The van der Waals surface area contributed by atoms with Crippen LogP contribution >= 0.6 is 0 Å². The van der Waals surface area contributed by atoms with Crippen molar-refractivity contribution in [1.82, 2.24) is 9.88 Å². The number of piperazine rings is 1. The molecule has 8 heteroatoms. The second-order valence-electron chi connectivity index (χ2n) is 7.38. The number of benzene rings is 2. The van der Waals surface area contributed by atoms with Gasteiger partial charge in [0.05, 0.1) is 19.0 Å². The van der Waals surface area contributed by atoms with E-state index in [0.29, 0.717) is 48.7 Å². The van der Waals surface area contributed by atoms with Crippen LogP contribution < -0.4 is 15.0 Å². The van der Waals surface area contributed by atoms with E-state index in [0.717, 1.165) is 5.82 Å². The van der Waals surface area contributed by atoms with E-state index >= 15 is 0 Å². The smallest absolute Gasteiger partial charge is 0.255 e. The number of nitrogens with zero attached hydrogens (tertiary/aromatic N) is 3. The highest BCUT2D eigenvalue weighted by Gasteiger charge is 2.23. The number of amides is 2. The number of nitrogens with one attached hydrogen (secondary N) is 1. The van der Waals surface area contributed by atoms with E-state index < -0.39 is 5.82 Å². The average Bonchev–Trinajstić information content (AvgIpc) is 2.84. The molecule has 4 rings (SSSR count). The fourth-order valence-corrected chi connectivity index (χ4v) is 3.54. The molecule has 1 N–H and O–H groups in total. The zero-order chi connectivity index (χ0) is 22.5. The Morgan fingerprint density at radius 2 is 1.72 bits per heavy atom. The van der Waals surface area contributed by atoms with E-state index in [2.05, 4.69) is 15.2 Å². The predicted octanol–water partition coefficient (Wildman–Crippen LogP) is 3.44. The first-order chi connectivity index (χ1) is 15.5. The predicted molar refractivity (Wildman–Crippen MR) is 120 cm³/mol. The normalized spacial score (nSPS) is 13.6. The van der Waals surface area contributed by atoms with E-state index in [1.54, 1.807) is 54.6 Å². The summed E-state index contributed by atoms with van der Waals surface area (Å²) >= 11 is 0. The molecule has 0 unspecified atom stereocenters. The van der Waals surface area contributed by atoms with Crippen molar-refractivity contribution in [2.75, 3.05) is 43.5 Å². The lowest BCUT2D eigenvalue weighted by atomic mass is 10.1. The van der Waals surface area contributed by atoms with Crippen molar-refractivity contribution in [3.8, 4) is 5.75 Å². The minimum atomic E-state index is -0.419. The lowest BCUT2D eigenvalue weighted by Crippen LogP contribution is -2.49. The average molecular weight is 434 g/mol. The van der Waals surface area contributed by atoms with Crippen molar-refractivity contribution in [3.05, 3.63) is 83.8 Å². The molecule has 2 aromatic carbocycles. The number of anilines is 2. The van der Waals surface area contributed by atoms with Gasteiger partial charge < -0.3 is 19.9 Å². The SMILES string of the molecule is COc1ccc(C(=O)Nc2ccc(N3CCN(C(=O)c4cccc(F)c4)CC3)nc2)cc1. The molecule has 3 aromatic rings. The first-order valence-corrected chi connectivity index (χ1v) is 10.2. The Morgan fingerprint density at radius 1 is 0.969 bits per heavy atom. The number of carbonyl (C=O) groups is 2. The molecule has 0 saturated carbocycles. The van der Waals surface area contributed by atoms with Crippen LogP contribution in [0.5, 0.6) is 5.75 Å². The van der Waals surface area contributed by atoms with Crippen molar-refractivity contribution >= 4 is 23.3 Å². The van der Waals surface area contributed by atoms with E-state index in [-0.39, 0.29) is 11.8 Å². The molecule has 1 saturated heterocycles. The molecule has 0 atom stereocenters. The molecule has 1 fully saturated rings. The lowest BCUT2D eigenvalue weighted by Gasteiger charge is -2.35. The van der Waals surface area contributed by atoms with Crippen molar-refractivity contribution in [1.29, 1.82) is 0 Å². The number of aromatic nitrogens is 1. The first kappa shape index (κ1) is 21.3. The van der Waals surface area contributed by atoms with Gasteiger partial charge in [-0.05, 0) is 54.6 Å². The van der Waals surface area contributed by atoms with Crippen LogP contribution in [-0.4, -0.2) is 55.0 Å². The molecule has 2 amide bonds. The van der Waals surface area contributed by atoms with Crippen LogP contribution in [0.25, 0.3) is 0 Å². The second kappa shape index (κ2) is 9.47. The number of pyridine rings is 1. The van der Waals surface area contributed by atoms with Gasteiger partial charge >= 0.3 is 0 Å². The number of rotatable bonds is 5. The maximum absolute atomic E-state index is 13.4. The molecule has 1 aliphatic rings. The number of carbonyl (C=O) groups excluding carboxylic acids is 2. The van der Waals surface area contributed by atoms with Crippen LogP contribution in [0, 0.1) is 5.82 Å².